The standard InChI is InChI=1S/C16H19N3O3S/c1-19(9-11-4-2-5-11)14(20)8-12-10-23-16(17-12)18-15(21)13-6-3-7-22-13/h3,6-7,10-11H,2,4-5,8-9H2,1H3,(H,17,18,21). The van der Waals surface area contributed by atoms with Gasteiger partial charge in [0, 0.05) is 19.0 Å². The van der Waals surface area contributed by atoms with E-state index in [9.17, 15) is 9.59 Å². The van der Waals surface area contributed by atoms with E-state index in [-0.39, 0.29) is 24.0 Å². The number of amides is 2. The molecule has 1 fully saturated rings. The van der Waals surface area contributed by atoms with Crippen LogP contribution in [0.25, 0.3) is 0 Å². The van der Waals surface area contributed by atoms with Gasteiger partial charge in [-0.1, -0.05) is 6.42 Å². The second-order valence-corrected chi connectivity index (χ2v) is 6.68. The van der Waals surface area contributed by atoms with Crippen LogP contribution in [-0.4, -0.2) is 35.3 Å². The van der Waals surface area contributed by atoms with Crippen molar-refractivity contribution in [3.63, 3.8) is 0 Å². The molecule has 1 N–H and O–H groups in total. The van der Waals surface area contributed by atoms with Crippen LogP contribution >= 0.6 is 11.3 Å². The Morgan fingerprint density at radius 3 is 2.96 bits per heavy atom. The minimum absolute atomic E-state index is 0.0612. The smallest absolute Gasteiger partial charge is 0.293 e. The molecular weight excluding hydrogens is 314 g/mol. The number of anilines is 1. The third-order valence-corrected chi connectivity index (χ3v) is 4.84. The van der Waals surface area contributed by atoms with E-state index in [0.717, 1.165) is 6.54 Å². The zero-order valence-electron chi connectivity index (χ0n) is 12.9. The molecule has 2 amide bonds. The molecule has 0 bridgehead atoms. The van der Waals surface area contributed by atoms with Crippen molar-refractivity contribution in [1.29, 1.82) is 0 Å². The lowest BCUT2D eigenvalue weighted by atomic mass is 9.85. The number of likely N-dealkylation sites (N-methyl/N-ethyl adjacent to an activating group) is 1. The number of aromatic nitrogens is 1. The topological polar surface area (TPSA) is 75.4 Å². The van der Waals surface area contributed by atoms with E-state index in [1.807, 2.05) is 7.05 Å². The third kappa shape index (κ3) is 3.98. The third-order valence-electron chi connectivity index (χ3n) is 4.03. The fourth-order valence-electron chi connectivity index (χ4n) is 2.47. The summed E-state index contributed by atoms with van der Waals surface area (Å²) in [5.74, 6) is 0.607. The molecule has 0 atom stereocenters. The molecule has 6 nitrogen and oxygen atoms in total. The predicted molar refractivity (Wildman–Crippen MR) is 87.5 cm³/mol. The van der Waals surface area contributed by atoms with Crippen LogP contribution in [0.5, 0.6) is 0 Å². The van der Waals surface area contributed by atoms with Crippen molar-refractivity contribution in [3.05, 3.63) is 35.2 Å². The summed E-state index contributed by atoms with van der Waals surface area (Å²) in [5.41, 5.74) is 0.676. The Morgan fingerprint density at radius 2 is 2.30 bits per heavy atom. The Labute approximate surface area is 138 Å². The van der Waals surface area contributed by atoms with E-state index < -0.39 is 0 Å². The van der Waals surface area contributed by atoms with Gasteiger partial charge < -0.3 is 9.32 Å². The molecule has 0 unspecified atom stereocenters. The van der Waals surface area contributed by atoms with Crippen LogP contribution in [-0.2, 0) is 11.2 Å². The van der Waals surface area contributed by atoms with Crippen molar-refractivity contribution in [2.45, 2.75) is 25.7 Å². The Kier molecular flexibility index (Phi) is 4.76. The summed E-state index contributed by atoms with van der Waals surface area (Å²) in [6.45, 7) is 0.824. The van der Waals surface area contributed by atoms with Gasteiger partial charge in [-0.15, -0.1) is 11.3 Å². The quantitative estimate of drug-likeness (QED) is 0.882. The van der Waals surface area contributed by atoms with Crippen LogP contribution in [0, 0.1) is 5.92 Å². The lowest BCUT2D eigenvalue weighted by molar-refractivity contribution is -0.130. The highest BCUT2D eigenvalue weighted by Gasteiger charge is 2.22. The van der Waals surface area contributed by atoms with E-state index in [1.54, 1.807) is 22.4 Å². The first-order chi connectivity index (χ1) is 11.1. The number of rotatable bonds is 6. The van der Waals surface area contributed by atoms with Crippen molar-refractivity contribution in [2.24, 2.45) is 5.92 Å². The minimum Gasteiger partial charge on any atom is -0.459 e. The van der Waals surface area contributed by atoms with E-state index in [1.165, 1.54) is 36.9 Å². The maximum atomic E-state index is 12.2. The van der Waals surface area contributed by atoms with Crippen molar-refractivity contribution >= 4 is 28.3 Å². The van der Waals surface area contributed by atoms with Gasteiger partial charge in [0.1, 0.15) is 0 Å². The molecule has 1 saturated carbocycles. The Hall–Kier alpha value is -2.15. The number of hydrogen-bond acceptors (Lipinski definition) is 5. The number of hydrogen-bond donors (Lipinski definition) is 1. The molecule has 1 aliphatic carbocycles. The first kappa shape index (κ1) is 15.7. The van der Waals surface area contributed by atoms with Gasteiger partial charge in [-0.3, -0.25) is 14.9 Å². The summed E-state index contributed by atoms with van der Waals surface area (Å²) < 4.78 is 5.03. The summed E-state index contributed by atoms with van der Waals surface area (Å²) in [7, 11) is 1.84. The zero-order chi connectivity index (χ0) is 16.2. The van der Waals surface area contributed by atoms with Gasteiger partial charge in [0.2, 0.25) is 5.91 Å². The second kappa shape index (κ2) is 6.95. The highest BCUT2D eigenvalue weighted by Crippen LogP contribution is 2.27. The molecule has 0 saturated heterocycles. The molecule has 7 heteroatoms. The highest BCUT2D eigenvalue weighted by molar-refractivity contribution is 7.14. The summed E-state index contributed by atoms with van der Waals surface area (Å²) in [6.07, 6.45) is 5.42. The summed E-state index contributed by atoms with van der Waals surface area (Å²) >= 11 is 1.30. The van der Waals surface area contributed by atoms with Gasteiger partial charge in [0.15, 0.2) is 10.9 Å². The normalized spacial score (nSPS) is 14.3. The maximum Gasteiger partial charge on any atom is 0.293 e. The average molecular weight is 333 g/mol. The number of thiazole rings is 1. The van der Waals surface area contributed by atoms with Crippen molar-refractivity contribution < 1.29 is 14.0 Å². The summed E-state index contributed by atoms with van der Waals surface area (Å²) in [4.78, 5) is 30.1. The van der Waals surface area contributed by atoms with Gasteiger partial charge >= 0.3 is 0 Å². The predicted octanol–water partition coefficient (Wildman–Crippen LogP) is 2.79. The molecule has 3 rings (SSSR count). The van der Waals surface area contributed by atoms with E-state index >= 15 is 0 Å². The summed E-state index contributed by atoms with van der Waals surface area (Å²) in [6, 6.07) is 3.24. The molecule has 2 heterocycles. The highest BCUT2D eigenvalue weighted by atomic mass is 32.1. The molecule has 0 radical (unpaired) electrons. The number of furan rings is 1. The fourth-order valence-corrected chi connectivity index (χ4v) is 3.17. The van der Waals surface area contributed by atoms with Crippen molar-refractivity contribution in [2.75, 3.05) is 18.9 Å². The molecule has 1 aliphatic rings. The number of nitrogens with one attached hydrogen (secondary N) is 1. The molecule has 0 spiro atoms. The Morgan fingerprint density at radius 1 is 1.48 bits per heavy atom. The Balaban J connectivity index is 1.52. The molecule has 0 aromatic carbocycles. The lowest BCUT2D eigenvalue weighted by Gasteiger charge is -2.30. The van der Waals surface area contributed by atoms with Gasteiger partial charge in [-0.2, -0.15) is 0 Å². The second-order valence-electron chi connectivity index (χ2n) is 5.82. The number of carbonyl (C=O) groups excluding carboxylic acids is 2. The number of nitrogens with zero attached hydrogens (tertiary/aromatic N) is 2. The van der Waals surface area contributed by atoms with Crippen molar-refractivity contribution in [1.82, 2.24) is 9.88 Å². The first-order valence-electron chi connectivity index (χ1n) is 7.65. The SMILES string of the molecule is CN(CC1CCC1)C(=O)Cc1csc(NC(=O)c2ccco2)n1. The van der Waals surface area contributed by atoms with E-state index in [4.69, 9.17) is 4.42 Å². The lowest BCUT2D eigenvalue weighted by Crippen LogP contribution is -2.35. The van der Waals surface area contributed by atoms with E-state index in [2.05, 4.69) is 10.3 Å². The van der Waals surface area contributed by atoms with E-state index in [0.29, 0.717) is 16.7 Å². The van der Waals surface area contributed by atoms with Crippen LogP contribution in [0.3, 0.4) is 0 Å². The molecule has 122 valence electrons. The minimum atomic E-state index is -0.343. The summed E-state index contributed by atoms with van der Waals surface area (Å²) in [5, 5.41) is 4.93. The first-order valence-corrected chi connectivity index (χ1v) is 8.53. The number of carbonyl (C=O) groups is 2. The molecule has 2 aromatic rings. The van der Waals surface area contributed by atoms with Crippen LogP contribution in [0.1, 0.15) is 35.5 Å². The van der Waals surface area contributed by atoms with Crippen LogP contribution in [0.4, 0.5) is 5.13 Å². The van der Waals surface area contributed by atoms with Crippen LogP contribution in [0.15, 0.2) is 28.2 Å². The van der Waals surface area contributed by atoms with Gasteiger partial charge in [-0.25, -0.2) is 4.98 Å². The van der Waals surface area contributed by atoms with Gasteiger partial charge in [0.05, 0.1) is 18.4 Å². The van der Waals surface area contributed by atoms with Crippen molar-refractivity contribution in [3.8, 4) is 0 Å². The monoisotopic (exact) mass is 333 g/mol. The fraction of sp³-hybridized carbons (Fsp3) is 0.438. The van der Waals surface area contributed by atoms with Crippen LogP contribution < -0.4 is 5.32 Å². The largest absolute Gasteiger partial charge is 0.459 e. The average Bonchev–Trinajstić information content (AvgIpc) is 3.14. The van der Waals surface area contributed by atoms with Crippen LogP contribution in [0.2, 0.25) is 0 Å². The molecule has 0 aliphatic heterocycles. The molecular formula is C16H19N3O3S. The van der Waals surface area contributed by atoms with Gasteiger partial charge in [0.25, 0.3) is 5.91 Å². The molecule has 23 heavy (non-hydrogen) atoms. The van der Waals surface area contributed by atoms with Gasteiger partial charge in [-0.05, 0) is 30.9 Å². The zero-order valence-corrected chi connectivity index (χ0v) is 13.8. The Bertz CT molecular complexity index is 677. The maximum absolute atomic E-state index is 12.2. The molecule has 2 aromatic heterocycles.